The van der Waals surface area contributed by atoms with Crippen LogP contribution in [0.5, 0.6) is 0 Å². The molecule has 132 valence electrons. The van der Waals surface area contributed by atoms with E-state index < -0.39 is 6.10 Å². The SMILES string of the molecule is CC(=O)[C@H]1CC[C@H]2[C@@H]3CCC4=CC(=O)C[C@H](O)[C@]4(C)[C@H]3CC[C@]12C. The summed E-state index contributed by atoms with van der Waals surface area (Å²) in [6.45, 7) is 6.32. The Labute approximate surface area is 144 Å². The van der Waals surface area contributed by atoms with Crippen LogP contribution in [0.25, 0.3) is 0 Å². The van der Waals surface area contributed by atoms with Gasteiger partial charge in [-0.3, -0.25) is 9.59 Å². The Kier molecular flexibility index (Phi) is 3.62. The zero-order valence-electron chi connectivity index (χ0n) is 15.2. The lowest BCUT2D eigenvalue weighted by Gasteiger charge is -2.59. The quantitative estimate of drug-likeness (QED) is 0.797. The van der Waals surface area contributed by atoms with E-state index in [2.05, 4.69) is 13.8 Å². The Morgan fingerprint density at radius 3 is 2.62 bits per heavy atom. The minimum atomic E-state index is -0.535. The molecule has 0 aromatic rings. The highest BCUT2D eigenvalue weighted by atomic mass is 16.3. The van der Waals surface area contributed by atoms with Crippen LogP contribution in [0, 0.1) is 34.5 Å². The molecule has 0 bridgehead atoms. The number of Topliss-reactive ketones (excluding diaryl/α,β-unsaturated/α-hetero) is 1. The zero-order valence-corrected chi connectivity index (χ0v) is 15.2. The molecule has 0 heterocycles. The fourth-order valence-electron chi connectivity index (χ4n) is 7.28. The zero-order chi connectivity index (χ0) is 17.3. The average molecular weight is 330 g/mol. The molecule has 0 aromatic carbocycles. The van der Waals surface area contributed by atoms with Gasteiger partial charge in [0.25, 0.3) is 0 Å². The maximum Gasteiger partial charge on any atom is 0.158 e. The molecule has 3 saturated carbocycles. The molecule has 0 spiro atoms. The second-order valence-corrected chi connectivity index (χ2v) is 9.34. The van der Waals surface area contributed by atoms with Crippen LogP contribution in [0.4, 0.5) is 0 Å². The van der Waals surface area contributed by atoms with Gasteiger partial charge in [-0.2, -0.15) is 0 Å². The van der Waals surface area contributed by atoms with E-state index in [-0.39, 0.29) is 29.0 Å². The number of hydrogen-bond acceptors (Lipinski definition) is 3. The number of carbonyl (C=O) groups excluding carboxylic acids is 2. The minimum absolute atomic E-state index is 0.0894. The molecule has 0 aliphatic heterocycles. The van der Waals surface area contributed by atoms with Crippen LogP contribution >= 0.6 is 0 Å². The summed E-state index contributed by atoms with van der Waals surface area (Å²) in [4.78, 5) is 24.1. The van der Waals surface area contributed by atoms with E-state index in [1.807, 2.05) is 6.08 Å². The first-order valence-electron chi connectivity index (χ1n) is 9.71. The molecule has 0 amide bonds. The lowest BCUT2D eigenvalue weighted by molar-refractivity contribution is -0.134. The summed E-state index contributed by atoms with van der Waals surface area (Å²) in [6.07, 6.45) is 8.02. The Hall–Kier alpha value is -0.960. The largest absolute Gasteiger partial charge is 0.392 e. The summed E-state index contributed by atoms with van der Waals surface area (Å²) in [5, 5.41) is 10.8. The van der Waals surface area contributed by atoms with Gasteiger partial charge in [-0.15, -0.1) is 0 Å². The van der Waals surface area contributed by atoms with Gasteiger partial charge in [0, 0.05) is 17.8 Å². The van der Waals surface area contributed by atoms with Gasteiger partial charge in [-0.05, 0) is 74.7 Å². The molecular weight excluding hydrogens is 300 g/mol. The van der Waals surface area contributed by atoms with Gasteiger partial charge < -0.3 is 5.11 Å². The van der Waals surface area contributed by atoms with Crippen molar-refractivity contribution >= 4 is 11.6 Å². The normalized spacial score (nSPS) is 50.6. The van der Waals surface area contributed by atoms with Gasteiger partial charge in [0.1, 0.15) is 5.78 Å². The fourth-order valence-corrected chi connectivity index (χ4v) is 7.28. The Morgan fingerprint density at radius 1 is 1.17 bits per heavy atom. The second kappa shape index (κ2) is 5.27. The molecule has 24 heavy (non-hydrogen) atoms. The molecule has 3 heteroatoms. The molecule has 3 nitrogen and oxygen atoms in total. The maximum atomic E-state index is 12.2. The highest BCUT2D eigenvalue weighted by Crippen LogP contribution is 2.66. The van der Waals surface area contributed by atoms with E-state index in [1.54, 1.807) is 6.92 Å². The van der Waals surface area contributed by atoms with Crippen LogP contribution in [-0.4, -0.2) is 22.8 Å². The number of ketones is 2. The maximum absolute atomic E-state index is 12.2. The molecular formula is C21H30O3. The topological polar surface area (TPSA) is 54.4 Å². The summed E-state index contributed by atoms with van der Waals surface area (Å²) in [5.74, 6) is 2.35. The van der Waals surface area contributed by atoms with Gasteiger partial charge in [0.15, 0.2) is 5.78 Å². The third-order valence-corrected chi connectivity index (χ3v) is 8.56. The number of rotatable bonds is 1. The van der Waals surface area contributed by atoms with Crippen LogP contribution in [0.1, 0.15) is 65.7 Å². The minimum Gasteiger partial charge on any atom is -0.392 e. The van der Waals surface area contributed by atoms with Crippen molar-refractivity contribution in [2.24, 2.45) is 34.5 Å². The first kappa shape index (κ1) is 16.5. The van der Waals surface area contributed by atoms with Gasteiger partial charge in [-0.1, -0.05) is 19.4 Å². The molecule has 3 fully saturated rings. The van der Waals surface area contributed by atoms with Crippen molar-refractivity contribution in [3.8, 4) is 0 Å². The van der Waals surface area contributed by atoms with Gasteiger partial charge in [0.2, 0.25) is 0 Å². The molecule has 0 unspecified atom stereocenters. The number of carbonyl (C=O) groups is 2. The summed E-state index contributed by atoms with van der Waals surface area (Å²) in [6, 6.07) is 0. The van der Waals surface area contributed by atoms with Crippen LogP contribution in [0.2, 0.25) is 0 Å². The summed E-state index contributed by atoms with van der Waals surface area (Å²) >= 11 is 0. The van der Waals surface area contributed by atoms with Gasteiger partial charge >= 0.3 is 0 Å². The predicted molar refractivity (Wildman–Crippen MR) is 92.3 cm³/mol. The lowest BCUT2D eigenvalue weighted by Crippen LogP contribution is -2.55. The van der Waals surface area contributed by atoms with E-state index in [4.69, 9.17) is 0 Å². The monoisotopic (exact) mass is 330 g/mol. The summed E-state index contributed by atoms with van der Waals surface area (Å²) in [7, 11) is 0. The standard InChI is InChI=1S/C21H30O3/c1-12(22)16-6-7-17-15-5-4-13-10-14(23)11-19(24)21(13,3)18(15)8-9-20(16,17)2/h10,15-19,24H,4-9,11H2,1-3H3/t15-,16+,17-,18-,19-,20+,21-/m0/s1. The molecule has 1 N–H and O–H groups in total. The number of aliphatic hydroxyl groups excluding tert-OH is 1. The molecule has 0 radical (unpaired) electrons. The van der Waals surface area contributed by atoms with E-state index in [1.165, 1.54) is 5.57 Å². The number of fused-ring (bicyclic) bond motifs is 5. The highest BCUT2D eigenvalue weighted by molar-refractivity contribution is 5.92. The third kappa shape index (κ3) is 2.00. The average Bonchev–Trinajstić information content (AvgIpc) is 2.86. The molecule has 7 atom stereocenters. The van der Waals surface area contributed by atoms with E-state index in [0.717, 1.165) is 38.5 Å². The van der Waals surface area contributed by atoms with Crippen LogP contribution in [0.3, 0.4) is 0 Å². The van der Waals surface area contributed by atoms with E-state index >= 15 is 0 Å². The van der Waals surface area contributed by atoms with Crippen LogP contribution in [0.15, 0.2) is 11.6 Å². The molecule has 4 rings (SSSR count). The lowest BCUT2D eigenvalue weighted by atomic mass is 9.46. The highest BCUT2D eigenvalue weighted by Gasteiger charge is 2.61. The van der Waals surface area contributed by atoms with Crippen molar-refractivity contribution in [1.82, 2.24) is 0 Å². The van der Waals surface area contributed by atoms with Crippen LogP contribution < -0.4 is 0 Å². The Bertz CT molecular complexity index is 621. The van der Waals surface area contributed by atoms with Crippen molar-refractivity contribution in [1.29, 1.82) is 0 Å². The fraction of sp³-hybridized carbons (Fsp3) is 0.810. The van der Waals surface area contributed by atoms with Crippen molar-refractivity contribution in [2.75, 3.05) is 0 Å². The Morgan fingerprint density at radius 2 is 1.92 bits per heavy atom. The second-order valence-electron chi connectivity index (χ2n) is 9.34. The third-order valence-electron chi connectivity index (χ3n) is 8.56. The number of hydrogen-bond donors (Lipinski definition) is 1. The van der Waals surface area contributed by atoms with Crippen molar-refractivity contribution in [2.45, 2.75) is 71.8 Å². The summed E-state index contributed by atoms with van der Waals surface area (Å²) < 4.78 is 0. The van der Waals surface area contributed by atoms with Crippen molar-refractivity contribution < 1.29 is 14.7 Å². The van der Waals surface area contributed by atoms with Crippen LogP contribution in [-0.2, 0) is 9.59 Å². The molecule has 4 aliphatic rings. The first-order chi connectivity index (χ1) is 11.3. The predicted octanol–water partition coefficient (Wildman–Crippen LogP) is 3.69. The van der Waals surface area contributed by atoms with Gasteiger partial charge in [0.05, 0.1) is 6.10 Å². The molecule has 0 aromatic heterocycles. The van der Waals surface area contributed by atoms with Crippen molar-refractivity contribution in [3.05, 3.63) is 11.6 Å². The number of aliphatic hydroxyl groups is 1. The first-order valence-corrected chi connectivity index (χ1v) is 9.71. The smallest absolute Gasteiger partial charge is 0.158 e. The molecule has 4 aliphatic carbocycles. The molecule has 0 saturated heterocycles. The summed E-state index contributed by atoms with van der Waals surface area (Å²) in [5.41, 5.74) is 1.11. The van der Waals surface area contributed by atoms with Crippen molar-refractivity contribution in [3.63, 3.8) is 0 Å². The van der Waals surface area contributed by atoms with E-state index in [9.17, 15) is 14.7 Å². The van der Waals surface area contributed by atoms with E-state index in [0.29, 0.717) is 23.5 Å². The van der Waals surface area contributed by atoms with Gasteiger partial charge in [-0.25, -0.2) is 0 Å². The Balaban J connectivity index is 1.70.